The van der Waals surface area contributed by atoms with E-state index in [4.69, 9.17) is 10.00 Å². The smallest absolute Gasteiger partial charge is 0.311 e. The number of aliphatic carboxylic acids is 1. The van der Waals surface area contributed by atoms with Crippen molar-refractivity contribution in [2.75, 3.05) is 13.1 Å². The van der Waals surface area contributed by atoms with Crippen LogP contribution < -0.4 is 4.74 Å². The summed E-state index contributed by atoms with van der Waals surface area (Å²) in [5.41, 5.74) is 2.17. The third-order valence-corrected chi connectivity index (χ3v) is 6.13. The monoisotopic (exact) mass is 376 g/mol. The topological polar surface area (TPSA) is 73.6 Å². The van der Waals surface area contributed by atoms with Crippen LogP contribution in [0.3, 0.4) is 0 Å². The average molecular weight is 376 g/mol. The third-order valence-electron chi connectivity index (χ3n) is 6.13. The van der Waals surface area contributed by atoms with E-state index < -0.39 is 11.4 Å². The fraction of sp³-hybridized carbons (Fsp3) is 0.391. The lowest BCUT2D eigenvalue weighted by Gasteiger charge is -2.23. The van der Waals surface area contributed by atoms with Crippen molar-refractivity contribution < 1.29 is 14.6 Å². The first-order chi connectivity index (χ1) is 13.6. The maximum absolute atomic E-state index is 11.9. The van der Waals surface area contributed by atoms with Gasteiger partial charge in [-0.1, -0.05) is 30.7 Å². The Bertz CT molecular complexity index is 920. The molecule has 1 saturated carbocycles. The second kappa shape index (κ2) is 7.65. The Labute approximate surface area is 165 Å². The second-order valence-electron chi connectivity index (χ2n) is 7.97. The molecule has 2 aliphatic rings. The quantitative estimate of drug-likeness (QED) is 0.830. The minimum atomic E-state index is -0.630. The van der Waals surface area contributed by atoms with Crippen LogP contribution in [-0.2, 0) is 17.9 Å². The van der Waals surface area contributed by atoms with E-state index in [9.17, 15) is 9.90 Å². The van der Waals surface area contributed by atoms with E-state index in [0.29, 0.717) is 18.7 Å². The molecule has 1 heterocycles. The molecule has 2 aromatic carbocycles. The number of nitriles is 1. The number of rotatable bonds is 6. The molecule has 5 heteroatoms. The van der Waals surface area contributed by atoms with Crippen LogP contribution in [0.4, 0.5) is 0 Å². The molecular formula is C23H24N2O3. The van der Waals surface area contributed by atoms with Gasteiger partial charge in [-0.05, 0) is 54.2 Å². The largest absolute Gasteiger partial charge is 0.489 e. The highest BCUT2D eigenvalue weighted by atomic mass is 16.5. The summed E-state index contributed by atoms with van der Waals surface area (Å²) in [6, 6.07) is 17.5. The van der Waals surface area contributed by atoms with Crippen LogP contribution in [-0.4, -0.2) is 29.1 Å². The molecule has 1 saturated heterocycles. The number of carbonyl (C=O) groups is 1. The van der Waals surface area contributed by atoms with Crippen molar-refractivity contribution in [3.63, 3.8) is 0 Å². The van der Waals surface area contributed by atoms with Crippen LogP contribution in [0.25, 0.3) is 0 Å². The highest BCUT2D eigenvalue weighted by Crippen LogP contribution is 2.49. The lowest BCUT2D eigenvalue weighted by Crippen LogP contribution is -2.35. The van der Waals surface area contributed by atoms with Crippen LogP contribution in [0.2, 0.25) is 0 Å². The minimum absolute atomic E-state index is 0.275. The van der Waals surface area contributed by atoms with Crippen molar-refractivity contribution in [2.24, 2.45) is 11.3 Å². The number of carboxylic acids is 1. The van der Waals surface area contributed by atoms with Crippen molar-refractivity contribution in [3.05, 3.63) is 65.2 Å². The molecule has 0 aromatic heterocycles. The molecule has 28 heavy (non-hydrogen) atoms. The predicted molar refractivity (Wildman–Crippen MR) is 105 cm³/mol. The zero-order valence-corrected chi connectivity index (χ0v) is 15.8. The van der Waals surface area contributed by atoms with Gasteiger partial charge in [0.15, 0.2) is 0 Å². The van der Waals surface area contributed by atoms with Gasteiger partial charge in [0, 0.05) is 19.6 Å². The van der Waals surface area contributed by atoms with E-state index in [1.165, 1.54) is 0 Å². The first-order valence-corrected chi connectivity index (χ1v) is 9.75. The molecule has 2 fully saturated rings. The first kappa shape index (κ1) is 18.5. The van der Waals surface area contributed by atoms with Gasteiger partial charge in [0.2, 0.25) is 0 Å². The lowest BCUT2D eigenvalue weighted by atomic mass is 9.81. The molecule has 1 aliphatic carbocycles. The van der Waals surface area contributed by atoms with E-state index >= 15 is 0 Å². The molecule has 5 nitrogen and oxygen atoms in total. The molecule has 2 aromatic rings. The molecule has 1 N–H and O–H groups in total. The van der Waals surface area contributed by atoms with Crippen molar-refractivity contribution in [2.45, 2.75) is 32.4 Å². The summed E-state index contributed by atoms with van der Waals surface area (Å²) in [5.74, 6) is 0.429. The summed E-state index contributed by atoms with van der Waals surface area (Å²) in [5, 5.41) is 18.7. The Kier molecular flexibility index (Phi) is 5.06. The van der Waals surface area contributed by atoms with Gasteiger partial charge in [0.25, 0.3) is 0 Å². The van der Waals surface area contributed by atoms with Crippen molar-refractivity contribution in [3.8, 4) is 11.8 Å². The van der Waals surface area contributed by atoms with Crippen LogP contribution >= 0.6 is 0 Å². The predicted octanol–water partition coefficient (Wildman–Crippen LogP) is 3.82. The fourth-order valence-electron chi connectivity index (χ4n) is 4.75. The number of fused-ring (bicyclic) bond motifs is 1. The van der Waals surface area contributed by atoms with Crippen LogP contribution in [0.1, 0.15) is 36.0 Å². The number of carboxylic acid groups (broad SMARTS) is 1. The number of likely N-dealkylation sites (tertiary alicyclic amines) is 1. The van der Waals surface area contributed by atoms with Crippen molar-refractivity contribution in [1.29, 1.82) is 5.26 Å². The first-order valence-electron chi connectivity index (χ1n) is 9.75. The molecule has 4 rings (SSSR count). The van der Waals surface area contributed by atoms with Gasteiger partial charge in [-0.3, -0.25) is 9.69 Å². The number of ether oxygens (including phenoxy) is 1. The summed E-state index contributed by atoms with van der Waals surface area (Å²) in [4.78, 5) is 14.1. The summed E-state index contributed by atoms with van der Waals surface area (Å²) in [6.45, 7) is 2.65. The van der Waals surface area contributed by atoms with E-state index in [1.807, 2.05) is 36.4 Å². The third kappa shape index (κ3) is 3.61. The van der Waals surface area contributed by atoms with E-state index in [2.05, 4.69) is 17.0 Å². The maximum atomic E-state index is 11.9. The standard InChI is InChI=1S/C23H24N2O3/c24-12-17-4-1-6-19(10-17)15-28-21-8-2-5-18(11-21)13-25-14-20-7-3-9-23(20,16-25)22(26)27/h1-2,4-6,8,10-11,20H,3,7,9,13-16H2,(H,26,27)/t20-,23+/m0/s1. The molecule has 0 spiro atoms. The van der Waals surface area contributed by atoms with Crippen LogP contribution in [0, 0.1) is 22.7 Å². The molecule has 144 valence electrons. The molecule has 0 amide bonds. The highest BCUT2D eigenvalue weighted by molar-refractivity contribution is 5.76. The second-order valence-corrected chi connectivity index (χ2v) is 7.97. The summed E-state index contributed by atoms with van der Waals surface area (Å²) in [7, 11) is 0. The van der Waals surface area contributed by atoms with Gasteiger partial charge < -0.3 is 9.84 Å². The average Bonchev–Trinajstić information content (AvgIpc) is 3.25. The Morgan fingerprint density at radius 3 is 2.86 bits per heavy atom. The van der Waals surface area contributed by atoms with Gasteiger partial charge in [0.05, 0.1) is 17.0 Å². The molecule has 0 unspecified atom stereocenters. The Hall–Kier alpha value is -2.84. The number of hydrogen-bond acceptors (Lipinski definition) is 4. The van der Waals surface area contributed by atoms with Gasteiger partial charge in [-0.25, -0.2) is 0 Å². The zero-order valence-electron chi connectivity index (χ0n) is 15.8. The lowest BCUT2D eigenvalue weighted by molar-refractivity contribution is -0.149. The van der Waals surface area contributed by atoms with E-state index in [0.717, 1.165) is 49.2 Å². The Morgan fingerprint density at radius 1 is 1.25 bits per heavy atom. The van der Waals surface area contributed by atoms with E-state index in [-0.39, 0.29) is 5.92 Å². The zero-order chi connectivity index (χ0) is 19.6. The normalized spacial score (nSPS) is 23.9. The number of hydrogen-bond donors (Lipinski definition) is 1. The molecule has 0 radical (unpaired) electrons. The molecule has 0 bridgehead atoms. The van der Waals surface area contributed by atoms with E-state index in [1.54, 1.807) is 6.07 Å². The number of nitrogens with zero attached hydrogens (tertiary/aromatic N) is 2. The van der Waals surface area contributed by atoms with Crippen LogP contribution in [0.15, 0.2) is 48.5 Å². The van der Waals surface area contributed by atoms with Gasteiger partial charge in [-0.15, -0.1) is 0 Å². The SMILES string of the molecule is N#Cc1cccc(COc2cccc(CN3C[C@@H]4CCC[C@@]4(C(=O)O)C3)c2)c1. The van der Waals surface area contributed by atoms with Gasteiger partial charge in [-0.2, -0.15) is 5.26 Å². The summed E-state index contributed by atoms with van der Waals surface area (Å²) in [6.07, 6.45) is 2.85. The van der Waals surface area contributed by atoms with Crippen molar-refractivity contribution >= 4 is 5.97 Å². The molecular weight excluding hydrogens is 352 g/mol. The highest BCUT2D eigenvalue weighted by Gasteiger charge is 2.54. The van der Waals surface area contributed by atoms with Gasteiger partial charge in [0.1, 0.15) is 12.4 Å². The Morgan fingerprint density at radius 2 is 2.07 bits per heavy atom. The van der Waals surface area contributed by atoms with Gasteiger partial charge >= 0.3 is 5.97 Å². The Balaban J connectivity index is 1.39. The molecule has 1 aliphatic heterocycles. The van der Waals surface area contributed by atoms with Crippen LogP contribution in [0.5, 0.6) is 5.75 Å². The summed E-state index contributed by atoms with van der Waals surface area (Å²) < 4.78 is 5.91. The van der Waals surface area contributed by atoms with Crippen molar-refractivity contribution in [1.82, 2.24) is 4.90 Å². The fourth-order valence-corrected chi connectivity index (χ4v) is 4.75. The maximum Gasteiger partial charge on any atom is 0.311 e. The minimum Gasteiger partial charge on any atom is -0.489 e. The summed E-state index contributed by atoms with van der Waals surface area (Å²) >= 11 is 0. The number of benzene rings is 2. The molecule has 2 atom stereocenters.